The molecule has 0 fully saturated rings. The Hall–Kier alpha value is -4.49. The van der Waals surface area contributed by atoms with Crippen molar-refractivity contribution in [3.05, 3.63) is 119 Å². The van der Waals surface area contributed by atoms with E-state index in [1.807, 2.05) is 43.3 Å². The third kappa shape index (κ3) is 5.90. The fourth-order valence-corrected chi connectivity index (χ4v) is 4.33. The van der Waals surface area contributed by atoms with Gasteiger partial charge in [0.15, 0.2) is 0 Å². The second-order valence-electron chi connectivity index (χ2n) is 8.64. The Labute approximate surface area is 225 Å². The summed E-state index contributed by atoms with van der Waals surface area (Å²) in [6, 6.07) is 15.6. The molecule has 1 unspecified atom stereocenters. The molecule has 0 aliphatic heterocycles. The third-order valence-corrected chi connectivity index (χ3v) is 6.28. The number of H-pyrrole nitrogens is 1. The molecule has 1 amide bonds. The van der Waals surface area contributed by atoms with Crippen LogP contribution in [0.3, 0.4) is 0 Å². The van der Waals surface area contributed by atoms with E-state index in [1.54, 1.807) is 36.7 Å². The van der Waals surface area contributed by atoms with Gasteiger partial charge in [0.05, 0.1) is 22.6 Å². The molecular formula is C30H27ClN4O3. The highest BCUT2D eigenvalue weighted by Crippen LogP contribution is 2.32. The Morgan fingerprint density at radius 1 is 1.13 bits per heavy atom. The van der Waals surface area contributed by atoms with E-state index in [-0.39, 0.29) is 23.1 Å². The number of carbonyl (C=O) groups excluding carboxylic acids is 1. The number of carbonyl (C=O) groups is 2. The summed E-state index contributed by atoms with van der Waals surface area (Å²) in [7, 11) is 0. The number of nitrogens with zero attached hydrogens (tertiary/aromatic N) is 2. The molecular weight excluding hydrogens is 500 g/mol. The Bertz CT molecular complexity index is 1510. The van der Waals surface area contributed by atoms with Crippen LogP contribution in [0.4, 0.5) is 0 Å². The number of carboxylic acids is 1. The molecule has 0 saturated heterocycles. The van der Waals surface area contributed by atoms with Crippen molar-refractivity contribution >= 4 is 45.7 Å². The van der Waals surface area contributed by atoms with Gasteiger partial charge in [-0.05, 0) is 65.6 Å². The van der Waals surface area contributed by atoms with Crippen molar-refractivity contribution in [2.75, 3.05) is 0 Å². The zero-order valence-electron chi connectivity index (χ0n) is 20.8. The first-order valence-electron chi connectivity index (χ1n) is 12.1. The molecule has 0 aliphatic carbocycles. The highest BCUT2D eigenvalue weighted by atomic mass is 35.5. The van der Waals surface area contributed by atoms with E-state index in [2.05, 4.69) is 26.8 Å². The SMILES string of the molecule is C=C(/C(=C\C=C/Cl)c1nc2ccccc2[nH]1)c1ccc(C(=O)NC(CCC)c2ccncc2)cc1C(=O)O. The number of fused-ring (bicyclic) bond motifs is 1. The molecule has 0 aliphatic rings. The molecule has 0 radical (unpaired) electrons. The van der Waals surface area contributed by atoms with Gasteiger partial charge in [0, 0.05) is 29.1 Å². The first-order chi connectivity index (χ1) is 18.4. The maximum atomic E-state index is 13.2. The normalized spacial score (nSPS) is 12.5. The van der Waals surface area contributed by atoms with E-state index >= 15 is 0 Å². The second kappa shape index (κ2) is 12.2. The van der Waals surface area contributed by atoms with Crippen LogP contribution >= 0.6 is 11.6 Å². The number of aromatic carboxylic acids is 1. The van der Waals surface area contributed by atoms with Gasteiger partial charge in [-0.3, -0.25) is 9.78 Å². The number of hydrogen-bond acceptors (Lipinski definition) is 4. The number of aromatic amines is 1. The molecule has 2 heterocycles. The standard InChI is InChI=1S/C30H27ClN4O3/c1-3-7-25(20-13-16-32-17-14-20)35-29(36)21-11-12-22(24(18-21)30(37)38)19(2)23(8-6-15-31)28-33-26-9-4-5-10-27(26)34-28/h4-6,8-18,25H,2-3,7H2,1H3,(H,33,34)(H,35,36)(H,37,38)/b15-6-,23-8+. The smallest absolute Gasteiger partial charge is 0.336 e. The van der Waals surface area contributed by atoms with Crippen molar-refractivity contribution in [1.82, 2.24) is 20.3 Å². The zero-order chi connectivity index (χ0) is 27.1. The van der Waals surface area contributed by atoms with Crippen molar-refractivity contribution in [2.24, 2.45) is 0 Å². The van der Waals surface area contributed by atoms with Crippen molar-refractivity contribution < 1.29 is 14.7 Å². The van der Waals surface area contributed by atoms with E-state index in [9.17, 15) is 14.7 Å². The van der Waals surface area contributed by atoms with Crippen LogP contribution in [0.5, 0.6) is 0 Å². The highest BCUT2D eigenvalue weighted by Gasteiger charge is 2.21. The lowest BCUT2D eigenvalue weighted by atomic mass is 9.92. The number of amides is 1. The van der Waals surface area contributed by atoms with Crippen LogP contribution in [-0.2, 0) is 0 Å². The summed E-state index contributed by atoms with van der Waals surface area (Å²) in [6.07, 6.45) is 8.28. The monoisotopic (exact) mass is 526 g/mol. The fraction of sp³-hybridized carbons (Fsp3) is 0.133. The predicted octanol–water partition coefficient (Wildman–Crippen LogP) is 6.78. The average molecular weight is 527 g/mol. The number of hydrogen-bond donors (Lipinski definition) is 3. The van der Waals surface area contributed by atoms with Crippen molar-refractivity contribution in [1.29, 1.82) is 0 Å². The Kier molecular flexibility index (Phi) is 8.51. The van der Waals surface area contributed by atoms with Crippen LogP contribution < -0.4 is 5.32 Å². The Morgan fingerprint density at radius 3 is 2.58 bits per heavy atom. The van der Waals surface area contributed by atoms with E-state index in [1.165, 1.54) is 11.6 Å². The van der Waals surface area contributed by atoms with Gasteiger partial charge in [-0.1, -0.05) is 55.8 Å². The molecule has 2 aromatic heterocycles. The number of aromatic nitrogens is 3. The molecule has 0 spiro atoms. The molecule has 192 valence electrons. The number of nitrogens with one attached hydrogen (secondary N) is 2. The number of rotatable bonds is 10. The van der Waals surface area contributed by atoms with Gasteiger partial charge >= 0.3 is 5.97 Å². The van der Waals surface area contributed by atoms with Crippen LogP contribution in [0, 0.1) is 0 Å². The summed E-state index contributed by atoms with van der Waals surface area (Å²) in [5, 5.41) is 13.1. The maximum Gasteiger partial charge on any atom is 0.336 e. The van der Waals surface area contributed by atoms with Crippen molar-refractivity contribution in [2.45, 2.75) is 25.8 Å². The van der Waals surface area contributed by atoms with Gasteiger partial charge in [-0.15, -0.1) is 0 Å². The first-order valence-corrected chi connectivity index (χ1v) is 12.6. The highest BCUT2D eigenvalue weighted by molar-refractivity contribution is 6.25. The molecule has 8 heteroatoms. The lowest BCUT2D eigenvalue weighted by molar-refractivity contribution is 0.0696. The van der Waals surface area contributed by atoms with Gasteiger partial charge in [-0.25, -0.2) is 9.78 Å². The quantitative estimate of drug-likeness (QED) is 0.197. The van der Waals surface area contributed by atoms with Gasteiger partial charge < -0.3 is 15.4 Å². The van der Waals surface area contributed by atoms with Crippen LogP contribution in [0.2, 0.25) is 0 Å². The lowest BCUT2D eigenvalue weighted by Gasteiger charge is -2.19. The van der Waals surface area contributed by atoms with Gasteiger partial charge in [0.2, 0.25) is 0 Å². The first kappa shape index (κ1) is 26.6. The number of benzene rings is 2. The van der Waals surface area contributed by atoms with Gasteiger partial charge in [0.1, 0.15) is 5.82 Å². The molecule has 1 atom stereocenters. The molecule has 7 nitrogen and oxygen atoms in total. The van der Waals surface area contributed by atoms with E-state index < -0.39 is 5.97 Å². The molecule has 0 bridgehead atoms. The van der Waals surface area contributed by atoms with Crippen LogP contribution in [0.1, 0.15) is 63.5 Å². The zero-order valence-corrected chi connectivity index (χ0v) is 21.6. The third-order valence-electron chi connectivity index (χ3n) is 6.13. The number of imidazole rings is 1. The van der Waals surface area contributed by atoms with Crippen LogP contribution in [0.15, 0.2) is 91.3 Å². The number of pyridine rings is 1. The van der Waals surface area contributed by atoms with Crippen molar-refractivity contribution in [3.63, 3.8) is 0 Å². The summed E-state index contributed by atoms with van der Waals surface area (Å²) in [4.78, 5) is 37.4. The topological polar surface area (TPSA) is 108 Å². The van der Waals surface area contributed by atoms with Crippen molar-refractivity contribution in [3.8, 4) is 0 Å². The minimum Gasteiger partial charge on any atom is -0.478 e. The van der Waals surface area contributed by atoms with E-state index in [0.717, 1.165) is 29.4 Å². The van der Waals surface area contributed by atoms with Crippen LogP contribution in [-0.4, -0.2) is 31.9 Å². The summed E-state index contributed by atoms with van der Waals surface area (Å²) in [6.45, 7) is 6.22. The summed E-state index contributed by atoms with van der Waals surface area (Å²) < 4.78 is 0. The van der Waals surface area contributed by atoms with Gasteiger partial charge in [-0.2, -0.15) is 0 Å². The fourth-order valence-electron chi connectivity index (χ4n) is 4.25. The molecule has 2 aromatic carbocycles. The molecule has 3 N–H and O–H groups in total. The minimum absolute atomic E-state index is 0.0459. The summed E-state index contributed by atoms with van der Waals surface area (Å²) in [5.74, 6) is -1.02. The average Bonchev–Trinajstić information content (AvgIpc) is 3.37. The number of carboxylic acid groups (broad SMARTS) is 1. The second-order valence-corrected chi connectivity index (χ2v) is 8.89. The number of allylic oxidation sites excluding steroid dienone is 4. The molecule has 4 aromatic rings. The van der Waals surface area contributed by atoms with Gasteiger partial charge in [0.25, 0.3) is 5.91 Å². The van der Waals surface area contributed by atoms with E-state index in [4.69, 9.17) is 11.6 Å². The maximum absolute atomic E-state index is 13.2. The summed E-state index contributed by atoms with van der Waals surface area (Å²) >= 11 is 5.78. The molecule has 38 heavy (non-hydrogen) atoms. The lowest BCUT2D eigenvalue weighted by Crippen LogP contribution is -2.28. The number of halogens is 1. The van der Waals surface area contributed by atoms with Crippen LogP contribution in [0.25, 0.3) is 22.2 Å². The largest absolute Gasteiger partial charge is 0.478 e. The number of para-hydroxylation sites is 2. The molecule has 4 rings (SSSR count). The molecule has 0 saturated carbocycles. The Morgan fingerprint density at radius 2 is 1.89 bits per heavy atom. The Balaban J connectivity index is 1.68. The summed E-state index contributed by atoms with van der Waals surface area (Å²) in [5.41, 5.74) is 5.42. The predicted molar refractivity (Wildman–Crippen MR) is 151 cm³/mol. The van der Waals surface area contributed by atoms with E-state index in [0.29, 0.717) is 22.5 Å². The minimum atomic E-state index is -1.17.